The van der Waals surface area contributed by atoms with Crippen molar-refractivity contribution in [1.82, 2.24) is 15.3 Å². The first-order chi connectivity index (χ1) is 21.3. The Labute approximate surface area is 274 Å². The molecule has 7 nitrogen and oxygen atoms in total. The van der Waals surface area contributed by atoms with E-state index in [-0.39, 0.29) is 29.4 Å². The summed E-state index contributed by atoms with van der Waals surface area (Å²) in [6.07, 6.45) is 17.4. The zero-order chi connectivity index (χ0) is 32.6. The van der Waals surface area contributed by atoms with Gasteiger partial charge in [-0.1, -0.05) is 74.1 Å². The van der Waals surface area contributed by atoms with E-state index < -0.39 is 11.6 Å². The SMILES string of the molecule is CCC(C)C(N)C(=O)O[C@H]1CC[C@]2(C)[C@H]3CC[C@]4(C)[C@@H](C(C)CCCC(C)C)CC[C@H]4[C@@H]3C[C@@H](NCCc3cnc[nH]3)[C@@]2(O)C1. The number of carbonyl (C=O) groups excluding carboxylic acids is 1. The van der Waals surface area contributed by atoms with Crippen LogP contribution in [0.15, 0.2) is 12.5 Å². The molecule has 4 aliphatic carbocycles. The van der Waals surface area contributed by atoms with Gasteiger partial charge in [0.15, 0.2) is 0 Å². The fourth-order valence-electron chi connectivity index (χ4n) is 11.2. The van der Waals surface area contributed by atoms with E-state index in [9.17, 15) is 9.90 Å². The maximum atomic E-state index is 13.1. The first kappa shape index (κ1) is 34.9. The molecule has 0 aromatic carbocycles. The minimum atomic E-state index is -0.943. The first-order valence-corrected chi connectivity index (χ1v) is 18.7. The summed E-state index contributed by atoms with van der Waals surface area (Å²) in [6, 6.07) is -0.655. The van der Waals surface area contributed by atoms with Crippen LogP contribution >= 0.6 is 0 Å². The van der Waals surface area contributed by atoms with Gasteiger partial charge in [-0.05, 0) is 91.8 Å². The Morgan fingerprint density at radius 1 is 1.13 bits per heavy atom. The Balaban J connectivity index is 1.36. The number of ether oxygens (including phenoxy) is 1. The Kier molecular flexibility index (Phi) is 10.8. The third-order valence-electron chi connectivity index (χ3n) is 14.2. The molecule has 4 aliphatic rings. The van der Waals surface area contributed by atoms with Gasteiger partial charge in [-0.25, -0.2) is 4.98 Å². The summed E-state index contributed by atoms with van der Waals surface area (Å²) in [6.45, 7) is 17.1. The van der Waals surface area contributed by atoms with Gasteiger partial charge in [0.1, 0.15) is 12.1 Å². The van der Waals surface area contributed by atoms with Crippen LogP contribution in [0.3, 0.4) is 0 Å². The van der Waals surface area contributed by atoms with Crippen LogP contribution in [-0.2, 0) is 16.0 Å². The summed E-state index contributed by atoms with van der Waals surface area (Å²) in [5.41, 5.74) is 6.62. The summed E-state index contributed by atoms with van der Waals surface area (Å²) in [7, 11) is 0. The second kappa shape index (κ2) is 14.0. The van der Waals surface area contributed by atoms with Gasteiger partial charge in [-0.3, -0.25) is 4.79 Å². The van der Waals surface area contributed by atoms with Crippen LogP contribution < -0.4 is 11.1 Å². The average Bonchev–Trinajstić information content (AvgIpc) is 3.64. The lowest BCUT2D eigenvalue weighted by Crippen LogP contribution is -2.71. The number of hydrogen-bond donors (Lipinski definition) is 4. The number of fused-ring (bicyclic) bond motifs is 5. The van der Waals surface area contributed by atoms with Crippen LogP contribution in [0.1, 0.15) is 131 Å². The highest BCUT2D eigenvalue weighted by Crippen LogP contribution is 2.69. The van der Waals surface area contributed by atoms with Crippen molar-refractivity contribution in [2.24, 2.45) is 58.0 Å². The quantitative estimate of drug-likeness (QED) is 0.175. The van der Waals surface area contributed by atoms with Crippen molar-refractivity contribution in [2.45, 2.75) is 156 Å². The Morgan fingerprint density at radius 3 is 2.60 bits per heavy atom. The van der Waals surface area contributed by atoms with Gasteiger partial charge in [0.25, 0.3) is 0 Å². The van der Waals surface area contributed by atoms with Crippen LogP contribution in [0.5, 0.6) is 0 Å². The van der Waals surface area contributed by atoms with E-state index in [1.165, 1.54) is 44.9 Å². The van der Waals surface area contributed by atoms with Gasteiger partial charge < -0.3 is 25.9 Å². The summed E-state index contributed by atoms with van der Waals surface area (Å²) in [5.74, 6) is 3.97. The number of aromatic amines is 1. The lowest BCUT2D eigenvalue weighted by molar-refractivity contribution is -0.237. The molecule has 4 saturated carbocycles. The lowest BCUT2D eigenvalue weighted by atomic mass is 9.42. The maximum absolute atomic E-state index is 13.1. The molecule has 0 radical (unpaired) electrons. The zero-order valence-electron chi connectivity index (χ0n) is 29.6. The second-order valence-corrected chi connectivity index (χ2v) is 17.0. The summed E-state index contributed by atoms with van der Waals surface area (Å²) in [4.78, 5) is 20.5. The number of nitrogens with zero attached hydrogens (tertiary/aromatic N) is 1. The Morgan fingerprint density at radius 2 is 1.91 bits per heavy atom. The van der Waals surface area contributed by atoms with Crippen LogP contribution in [0.25, 0.3) is 0 Å². The number of nitrogens with one attached hydrogen (secondary N) is 2. The predicted molar refractivity (Wildman–Crippen MR) is 181 cm³/mol. The minimum Gasteiger partial charge on any atom is -0.461 e. The summed E-state index contributed by atoms with van der Waals surface area (Å²) < 4.78 is 6.09. The van der Waals surface area contributed by atoms with Crippen molar-refractivity contribution in [3.05, 3.63) is 18.2 Å². The van der Waals surface area contributed by atoms with Gasteiger partial charge in [-0.2, -0.15) is 0 Å². The zero-order valence-corrected chi connectivity index (χ0v) is 29.6. The van der Waals surface area contributed by atoms with E-state index in [1.54, 1.807) is 6.33 Å². The number of carbonyl (C=O) groups is 1. The monoisotopic (exact) mass is 627 g/mol. The van der Waals surface area contributed by atoms with Gasteiger partial charge >= 0.3 is 5.97 Å². The van der Waals surface area contributed by atoms with Crippen LogP contribution in [0, 0.1) is 52.3 Å². The molecule has 1 aromatic rings. The normalized spacial score (nSPS) is 39.9. The molecular formula is C38H66N4O3. The summed E-state index contributed by atoms with van der Waals surface area (Å²) >= 11 is 0. The number of aliphatic hydroxyl groups is 1. The fourth-order valence-corrected chi connectivity index (χ4v) is 11.2. The predicted octanol–water partition coefficient (Wildman–Crippen LogP) is 7.04. The number of imidazole rings is 1. The number of esters is 1. The van der Waals surface area contributed by atoms with Gasteiger partial charge in [0.2, 0.25) is 0 Å². The van der Waals surface area contributed by atoms with Crippen molar-refractivity contribution in [3.8, 4) is 0 Å². The number of aromatic nitrogens is 2. The maximum Gasteiger partial charge on any atom is 0.323 e. The second-order valence-electron chi connectivity index (χ2n) is 17.0. The van der Waals surface area contributed by atoms with E-state index >= 15 is 0 Å². The van der Waals surface area contributed by atoms with Crippen LogP contribution in [0.2, 0.25) is 0 Å². The van der Waals surface area contributed by atoms with Crippen molar-refractivity contribution >= 4 is 5.97 Å². The van der Waals surface area contributed by atoms with E-state index in [1.807, 2.05) is 13.1 Å². The number of rotatable bonds is 13. The first-order valence-electron chi connectivity index (χ1n) is 18.7. The van der Waals surface area contributed by atoms with Crippen molar-refractivity contribution in [3.63, 3.8) is 0 Å². The van der Waals surface area contributed by atoms with Gasteiger partial charge in [-0.15, -0.1) is 0 Å². The van der Waals surface area contributed by atoms with E-state index in [0.717, 1.165) is 68.0 Å². The highest BCUT2D eigenvalue weighted by atomic mass is 16.5. The number of hydrogen-bond acceptors (Lipinski definition) is 6. The van der Waals surface area contributed by atoms with Crippen molar-refractivity contribution in [1.29, 1.82) is 0 Å². The van der Waals surface area contributed by atoms with E-state index in [2.05, 4.69) is 56.8 Å². The summed E-state index contributed by atoms with van der Waals surface area (Å²) in [5, 5.41) is 16.8. The molecule has 3 unspecified atom stereocenters. The fraction of sp³-hybridized carbons (Fsp3) is 0.895. The molecule has 0 bridgehead atoms. The third-order valence-corrected chi connectivity index (χ3v) is 14.2. The average molecular weight is 627 g/mol. The molecule has 5 N–H and O–H groups in total. The minimum absolute atomic E-state index is 0.0405. The molecule has 45 heavy (non-hydrogen) atoms. The molecular weight excluding hydrogens is 560 g/mol. The third kappa shape index (κ3) is 6.66. The number of nitrogens with two attached hydrogens (primary N) is 1. The Bertz CT molecular complexity index is 1110. The molecule has 0 saturated heterocycles. The van der Waals surface area contributed by atoms with Crippen LogP contribution in [0.4, 0.5) is 0 Å². The molecule has 1 heterocycles. The molecule has 1 aromatic heterocycles. The van der Waals surface area contributed by atoms with E-state index in [4.69, 9.17) is 10.5 Å². The molecule has 0 aliphatic heterocycles. The van der Waals surface area contributed by atoms with Crippen LogP contribution in [-0.4, -0.2) is 51.4 Å². The van der Waals surface area contributed by atoms with Gasteiger partial charge in [0, 0.05) is 42.7 Å². The lowest BCUT2D eigenvalue weighted by Gasteiger charge is -2.66. The molecule has 7 heteroatoms. The van der Waals surface area contributed by atoms with Crippen molar-refractivity contribution in [2.75, 3.05) is 6.54 Å². The molecule has 0 amide bonds. The number of H-pyrrole nitrogens is 1. The highest BCUT2D eigenvalue weighted by molar-refractivity contribution is 5.76. The smallest absolute Gasteiger partial charge is 0.323 e. The van der Waals surface area contributed by atoms with Crippen molar-refractivity contribution < 1.29 is 14.6 Å². The Hall–Kier alpha value is -1.44. The molecule has 4 fully saturated rings. The highest BCUT2D eigenvalue weighted by Gasteiger charge is 2.67. The molecule has 5 rings (SSSR count). The topological polar surface area (TPSA) is 113 Å². The standard InChI is InChI=1S/C38H66N4O3/c1-8-25(4)34(39)35(43)45-28-14-18-37(7)32-15-17-36(6)30(26(5)11-9-10-24(2)3)12-13-31(36)29(32)20-33(38(37,44)21-28)41-19-16-27-22-40-23-42-27/h22-26,28-34,41,44H,8-21,39H2,1-7H3,(H,40,42)/t25?,26?,28-,29-,30+,31-,32-,33+,34?,36+,37+,38-/m0/s1. The molecule has 256 valence electrons. The van der Waals surface area contributed by atoms with E-state index in [0.29, 0.717) is 23.7 Å². The van der Waals surface area contributed by atoms with Gasteiger partial charge in [0.05, 0.1) is 11.9 Å². The molecule has 12 atom stereocenters. The molecule has 0 spiro atoms. The largest absolute Gasteiger partial charge is 0.461 e.